The van der Waals surface area contributed by atoms with E-state index in [4.69, 9.17) is 5.11 Å². The third-order valence-electron chi connectivity index (χ3n) is 4.06. The quantitative estimate of drug-likeness (QED) is 0.747. The van der Waals surface area contributed by atoms with E-state index in [9.17, 15) is 4.79 Å². The van der Waals surface area contributed by atoms with Crippen molar-refractivity contribution in [2.24, 2.45) is 0 Å². The van der Waals surface area contributed by atoms with Crippen molar-refractivity contribution in [1.82, 2.24) is 10.6 Å². The van der Waals surface area contributed by atoms with Gasteiger partial charge in [0, 0.05) is 12.6 Å². The van der Waals surface area contributed by atoms with Crippen molar-refractivity contribution in [3.05, 3.63) is 35.9 Å². The Morgan fingerprint density at radius 3 is 2.60 bits per heavy atom. The molecule has 3 N–H and O–H groups in total. The highest BCUT2D eigenvalue weighted by Crippen LogP contribution is 2.41. The fourth-order valence-corrected chi connectivity index (χ4v) is 2.72. The third-order valence-corrected chi connectivity index (χ3v) is 4.06. The molecular formula is C16H24N2O2. The van der Waals surface area contributed by atoms with Gasteiger partial charge in [-0.2, -0.15) is 0 Å². The van der Waals surface area contributed by atoms with Gasteiger partial charge < -0.3 is 15.7 Å². The topological polar surface area (TPSA) is 61.4 Å². The maximum absolute atomic E-state index is 12.1. The highest BCUT2D eigenvalue weighted by atomic mass is 16.3. The maximum atomic E-state index is 12.1. The zero-order valence-corrected chi connectivity index (χ0v) is 12.1. The zero-order chi connectivity index (χ0) is 14.4. The van der Waals surface area contributed by atoms with E-state index in [1.54, 1.807) is 0 Å². The molecule has 4 nitrogen and oxygen atoms in total. The first-order valence-electron chi connectivity index (χ1n) is 7.41. The summed E-state index contributed by atoms with van der Waals surface area (Å²) in [6, 6.07) is 10.1. The van der Waals surface area contributed by atoms with Crippen molar-refractivity contribution in [1.29, 1.82) is 0 Å². The van der Waals surface area contributed by atoms with Crippen LogP contribution in [0.3, 0.4) is 0 Å². The van der Waals surface area contributed by atoms with Crippen LogP contribution >= 0.6 is 0 Å². The number of rotatable bonds is 6. The molecule has 1 aromatic rings. The highest BCUT2D eigenvalue weighted by Gasteiger charge is 2.39. The zero-order valence-electron chi connectivity index (χ0n) is 12.1. The minimum absolute atomic E-state index is 0.0787. The number of hydrogen-bond donors (Lipinski definition) is 3. The summed E-state index contributed by atoms with van der Waals surface area (Å²) in [6.07, 6.45) is 4.65. The summed E-state index contributed by atoms with van der Waals surface area (Å²) >= 11 is 0. The third kappa shape index (κ3) is 3.51. The van der Waals surface area contributed by atoms with Crippen LogP contribution in [0, 0.1) is 0 Å². The fourth-order valence-electron chi connectivity index (χ4n) is 2.72. The predicted molar refractivity (Wildman–Crippen MR) is 79.4 cm³/mol. The lowest BCUT2D eigenvalue weighted by atomic mass is 9.72. The van der Waals surface area contributed by atoms with Crippen LogP contribution < -0.4 is 10.6 Å². The normalized spacial score (nSPS) is 17.9. The van der Waals surface area contributed by atoms with E-state index >= 15 is 0 Å². The second-order valence-electron chi connectivity index (χ2n) is 5.67. The van der Waals surface area contributed by atoms with Crippen LogP contribution in [0.2, 0.25) is 0 Å². The van der Waals surface area contributed by atoms with Crippen molar-refractivity contribution < 1.29 is 9.90 Å². The van der Waals surface area contributed by atoms with Gasteiger partial charge in [0.05, 0.1) is 5.54 Å². The number of carbonyl (C=O) groups is 1. The number of aliphatic hydroxyl groups is 1. The molecule has 1 aliphatic carbocycles. The van der Waals surface area contributed by atoms with Gasteiger partial charge in [0.15, 0.2) is 0 Å². The van der Waals surface area contributed by atoms with Gasteiger partial charge in [0.1, 0.15) is 0 Å². The molecular weight excluding hydrogens is 252 g/mol. The molecule has 0 radical (unpaired) electrons. The van der Waals surface area contributed by atoms with Crippen LogP contribution in [0.1, 0.15) is 44.6 Å². The maximum Gasteiger partial charge on any atom is 0.315 e. The summed E-state index contributed by atoms with van der Waals surface area (Å²) in [5.41, 5.74) is 0.992. The molecule has 1 aliphatic rings. The standard InChI is InChI=1S/C16H24N2O2/c1-13(7-5-12-19)17-15(20)18-16(10-6-11-16)14-8-3-2-4-9-14/h2-4,8-9,13,19H,5-7,10-12H2,1H3,(H2,17,18,20). The molecule has 1 aromatic carbocycles. The van der Waals surface area contributed by atoms with Gasteiger partial charge in [0.25, 0.3) is 0 Å². The molecule has 0 spiro atoms. The minimum Gasteiger partial charge on any atom is -0.396 e. The van der Waals surface area contributed by atoms with E-state index in [2.05, 4.69) is 22.8 Å². The van der Waals surface area contributed by atoms with Crippen LogP contribution in [-0.4, -0.2) is 23.8 Å². The van der Waals surface area contributed by atoms with Crippen molar-refractivity contribution in [2.45, 2.75) is 50.6 Å². The average molecular weight is 276 g/mol. The molecule has 0 heterocycles. The van der Waals surface area contributed by atoms with Crippen LogP contribution in [0.15, 0.2) is 30.3 Å². The Morgan fingerprint density at radius 1 is 1.35 bits per heavy atom. The molecule has 4 heteroatoms. The molecule has 0 aromatic heterocycles. The number of carbonyl (C=O) groups excluding carboxylic acids is 1. The van der Waals surface area contributed by atoms with Crippen LogP contribution in [0.25, 0.3) is 0 Å². The number of benzene rings is 1. The molecule has 1 saturated carbocycles. The van der Waals surface area contributed by atoms with Crippen molar-refractivity contribution in [3.63, 3.8) is 0 Å². The summed E-state index contributed by atoms with van der Waals surface area (Å²) in [4.78, 5) is 12.1. The number of urea groups is 1. The van der Waals surface area contributed by atoms with E-state index in [0.717, 1.165) is 25.7 Å². The van der Waals surface area contributed by atoms with E-state index in [0.29, 0.717) is 6.42 Å². The molecule has 0 saturated heterocycles. The first-order chi connectivity index (χ1) is 9.66. The van der Waals surface area contributed by atoms with Crippen LogP contribution in [0.5, 0.6) is 0 Å². The number of aliphatic hydroxyl groups excluding tert-OH is 1. The number of nitrogens with one attached hydrogen (secondary N) is 2. The lowest BCUT2D eigenvalue weighted by Gasteiger charge is -2.43. The SMILES string of the molecule is CC(CCCO)NC(=O)NC1(c2ccccc2)CCC1. The van der Waals surface area contributed by atoms with Crippen molar-refractivity contribution in [3.8, 4) is 0 Å². The fraction of sp³-hybridized carbons (Fsp3) is 0.562. The van der Waals surface area contributed by atoms with Crippen molar-refractivity contribution >= 4 is 6.03 Å². The van der Waals surface area contributed by atoms with Crippen molar-refractivity contribution in [2.75, 3.05) is 6.61 Å². The van der Waals surface area contributed by atoms with E-state index < -0.39 is 0 Å². The van der Waals surface area contributed by atoms with Gasteiger partial charge in [-0.1, -0.05) is 30.3 Å². The Hall–Kier alpha value is -1.55. The van der Waals surface area contributed by atoms with Gasteiger partial charge in [-0.25, -0.2) is 4.79 Å². The monoisotopic (exact) mass is 276 g/mol. The summed E-state index contributed by atoms with van der Waals surface area (Å²) < 4.78 is 0. The smallest absolute Gasteiger partial charge is 0.315 e. The molecule has 2 rings (SSSR count). The predicted octanol–water partition coefficient (Wildman–Crippen LogP) is 2.53. The van der Waals surface area contributed by atoms with Gasteiger partial charge in [0.2, 0.25) is 0 Å². The number of hydrogen-bond acceptors (Lipinski definition) is 2. The van der Waals surface area contributed by atoms with E-state index in [1.807, 2.05) is 25.1 Å². The second kappa shape index (κ2) is 6.75. The summed E-state index contributed by atoms with van der Waals surface area (Å²) in [5.74, 6) is 0. The summed E-state index contributed by atoms with van der Waals surface area (Å²) in [5, 5.41) is 14.9. The Balaban J connectivity index is 1.92. The van der Waals surface area contributed by atoms with Crippen LogP contribution in [-0.2, 0) is 5.54 Å². The first-order valence-corrected chi connectivity index (χ1v) is 7.41. The Bertz CT molecular complexity index is 429. The lowest BCUT2D eigenvalue weighted by molar-refractivity contribution is 0.174. The Kier molecular flexibility index (Phi) is 5.01. The summed E-state index contributed by atoms with van der Waals surface area (Å²) in [6.45, 7) is 2.13. The molecule has 110 valence electrons. The molecule has 0 bridgehead atoms. The second-order valence-corrected chi connectivity index (χ2v) is 5.67. The van der Waals surface area contributed by atoms with Gasteiger partial charge in [-0.05, 0) is 44.6 Å². The highest BCUT2D eigenvalue weighted by molar-refractivity contribution is 5.75. The average Bonchev–Trinajstić information content (AvgIpc) is 2.41. The summed E-state index contributed by atoms with van der Waals surface area (Å²) in [7, 11) is 0. The van der Waals surface area contributed by atoms with Gasteiger partial charge in [-0.3, -0.25) is 0 Å². The number of amides is 2. The van der Waals surface area contributed by atoms with E-state index in [1.165, 1.54) is 5.56 Å². The molecule has 1 atom stereocenters. The van der Waals surface area contributed by atoms with Gasteiger partial charge >= 0.3 is 6.03 Å². The lowest BCUT2D eigenvalue weighted by Crippen LogP contribution is -2.55. The van der Waals surface area contributed by atoms with E-state index in [-0.39, 0.29) is 24.2 Å². The minimum atomic E-state index is -0.192. The first kappa shape index (κ1) is 14.9. The molecule has 1 unspecified atom stereocenters. The molecule has 1 fully saturated rings. The molecule has 0 aliphatic heterocycles. The Morgan fingerprint density at radius 2 is 2.05 bits per heavy atom. The molecule has 2 amide bonds. The van der Waals surface area contributed by atoms with Gasteiger partial charge in [-0.15, -0.1) is 0 Å². The Labute approximate surface area is 120 Å². The molecule has 20 heavy (non-hydrogen) atoms. The van der Waals surface area contributed by atoms with Crippen LogP contribution in [0.4, 0.5) is 4.79 Å². The largest absolute Gasteiger partial charge is 0.396 e.